The number of nitrogens with two attached hydrogens (primary N) is 1. The van der Waals surface area contributed by atoms with Crippen LogP contribution in [0.3, 0.4) is 0 Å². The summed E-state index contributed by atoms with van der Waals surface area (Å²) in [7, 11) is 1.85. The van der Waals surface area contributed by atoms with Gasteiger partial charge in [0.1, 0.15) is 5.52 Å². The SMILES string of the molecule is CNCc1nc(N)c2cccn2n1. The monoisotopic (exact) mass is 177 g/mol. The van der Waals surface area contributed by atoms with Gasteiger partial charge < -0.3 is 11.1 Å². The van der Waals surface area contributed by atoms with Gasteiger partial charge in [-0.15, -0.1) is 0 Å². The number of anilines is 1. The van der Waals surface area contributed by atoms with E-state index in [-0.39, 0.29) is 0 Å². The highest BCUT2D eigenvalue weighted by atomic mass is 15.3. The Hall–Kier alpha value is -1.62. The van der Waals surface area contributed by atoms with Crippen molar-refractivity contribution >= 4 is 11.3 Å². The third kappa shape index (κ3) is 1.33. The Morgan fingerprint density at radius 1 is 1.62 bits per heavy atom. The van der Waals surface area contributed by atoms with Crippen LogP contribution in [0.15, 0.2) is 18.3 Å². The highest BCUT2D eigenvalue weighted by Gasteiger charge is 2.02. The van der Waals surface area contributed by atoms with Gasteiger partial charge in [0.05, 0.1) is 6.54 Å². The van der Waals surface area contributed by atoms with Gasteiger partial charge in [-0.2, -0.15) is 5.10 Å². The van der Waals surface area contributed by atoms with Crippen LogP contribution >= 0.6 is 0 Å². The van der Waals surface area contributed by atoms with Crippen molar-refractivity contribution in [3.8, 4) is 0 Å². The molecule has 13 heavy (non-hydrogen) atoms. The van der Waals surface area contributed by atoms with Crippen molar-refractivity contribution < 1.29 is 0 Å². The lowest BCUT2D eigenvalue weighted by Crippen LogP contribution is -2.12. The fourth-order valence-corrected chi connectivity index (χ4v) is 1.24. The molecule has 2 heterocycles. The first-order chi connectivity index (χ1) is 6.31. The Labute approximate surface area is 75.6 Å². The van der Waals surface area contributed by atoms with Crippen LogP contribution in [-0.2, 0) is 6.54 Å². The van der Waals surface area contributed by atoms with Gasteiger partial charge in [-0.3, -0.25) is 0 Å². The van der Waals surface area contributed by atoms with E-state index >= 15 is 0 Å². The van der Waals surface area contributed by atoms with Gasteiger partial charge in [-0.1, -0.05) is 0 Å². The van der Waals surface area contributed by atoms with Crippen molar-refractivity contribution in [2.75, 3.05) is 12.8 Å². The van der Waals surface area contributed by atoms with E-state index in [1.807, 2.05) is 25.4 Å². The van der Waals surface area contributed by atoms with E-state index < -0.39 is 0 Å². The second-order valence-electron chi connectivity index (χ2n) is 2.78. The maximum atomic E-state index is 5.73. The topological polar surface area (TPSA) is 68.2 Å². The highest BCUT2D eigenvalue weighted by molar-refractivity contribution is 5.64. The summed E-state index contributed by atoms with van der Waals surface area (Å²) >= 11 is 0. The Morgan fingerprint density at radius 2 is 2.46 bits per heavy atom. The van der Waals surface area contributed by atoms with E-state index in [0.717, 1.165) is 5.52 Å². The number of fused-ring (bicyclic) bond motifs is 1. The van der Waals surface area contributed by atoms with Crippen molar-refractivity contribution in [2.45, 2.75) is 6.54 Å². The molecule has 0 bridgehead atoms. The summed E-state index contributed by atoms with van der Waals surface area (Å²) in [5.74, 6) is 1.22. The fraction of sp³-hybridized carbons (Fsp3) is 0.250. The first-order valence-electron chi connectivity index (χ1n) is 4.05. The van der Waals surface area contributed by atoms with Crippen LogP contribution in [-0.4, -0.2) is 21.6 Å². The number of nitrogens with one attached hydrogen (secondary N) is 1. The van der Waals surface area contributed by atoms with Gasteiger partial charge in [-0.05, 0) is 19.2 Å². The minimum Gasteiger partial charge on any atom is -0.382 e. The molecule has 0 amide bonds. The lowest BCUT2D eigenvalue weighted by atomic mass is 10.5. The number of rotatable bonds is 2. The zero-order valence-electron chi connectivity index (χ0n) is 7.36. The van der Waals surface area contributed by atoms with Gasteiger partial charge in [0.2, 0.25) is 0 Å². The van der Waals surface area contributed by atoms with Gasteiger partial charge in [0, 0.05) is 6.20 Å². The van der Waals surface area contributed by atoms with Crippen molar-refractivity contribution in [2.24, 2.45) is 0 Å². The quantitative estimate of drug-likeness (QED) is 0.679. The molecule has 0 unspecified atom stereocenters. The van der Waals surface area contributed by atoms with Gasteiger partial charge in [0.25, 0.3) is 0 Å². The molecule has 5 heteroatoms. The van der Waals surface area contributed by atoms with Crippen molar-refractivity contribution in [1.29, 1.82) is 0 Å². The molecule has 0 atom stereocenters. The van der Waals surface area contributed by atoms with Crippen molar-refractivity contribution in [3.05, 3.63) is 24.2 Å². The van der Waals surface area contributed by atoms with Crippen LogP contribution in [0.1, 0.15) is 5.82 Å². The van der Waals surface area contributed by atoms with Crippen LogP contribution in [0, 0.1) is 0 Å². The van der Waals surface area contributed by atoms with Crippen LogP contribution in [0.25, 0.3) is 5.52 Å². The summed E-state index contributed by atoms with van der Waals surface area (Å²) in [6, 6.07) is 3.78. The molecule has 0 saturated heterocycles. The van der Waals surface area contributed by atoms with E-state index in [1.165, 1.54) is 0 Å². The van der Waals surface area contributed by atoms with Gasteiger partial charge in [0.15, 0.2) is 11.6 Å². The third-order valence-corrected chi connectivity index (χ3v) is 1.80. The predicted molar refractivity (Wildman–Crippen MR) is 50.2 cm³/mol. The maximum absolute atomic E-state index is 5.73. The Morgan fingerprint density at radius 3 is 3.23 bits per heavy atom. The Bertz CT molecular complexity index is 419. The molecule has 5 nitrogen and oxygen atoms in total. The largest absolute Gasteiger partial charge is 0.382 e. The molecule has 0 saturated carbocycles. The number of hydrogen-bond acceptors (Lipinski definition) is 4. The fourth-order valence-electron chi connectivity index (χ4n) is 1.24. The summed E-state index contributed by atoms with van der Waals surface area (Å²) in [5.41, 5.74) is 6.58. The maximum Gasteiger partial charge on any atom is 0.165 e. The first-order valence-corrected chi connectivity index (χ1v) is 4.05. The highest BCUT2D eigenvalue weighted by Crippen LogP contribution is 2.09. The van der Waals surface area contributed by atoms with Crippen molar-refractivity contribution in [1.82, 2.24) is 19.9 Å². The van der Waals surface area contributed by atoms with Gasteiger partial charge >= 0.3 is 0 Å². The molecule has 0 spiro atoms. The zero-order chi connectivity index (χ0) is 9.26. The summed E-state index contributed by atoms with van der Waals surface area (Å²) < 4.78 is 1.73. The molecule has 0 aliphatic heterocycles. The third-order valence-electron chi connectivity index (χ3n) is 1.80. The summed E-state index contributed by atoms with van der Waals surface area (Å²) in [5, 5.41) is 7.22. The number of hydrogen-bond donors (Lipinski definition) is 2. The lowest BCUT2D eigenvalue weighted by molar-refractivity contribution is 0.719. The Balaban J connectivity index is 2.56. The molecular formula is C8H11N5. The second kappa shape index (κ2) is 3.02. The van der Waals surface area contributed by atoms with Crippen LogP contribution in [0.4, 0.5) is 5.82 Å². The van der Waals surface area contributed by atoms with Gasteiger partial charge in [-0.25, -0.2) is 9.50 Å². The molecule has 0 fully saturated rings. The summed E-state index contributed by atoms with van der Waals surface area (Å²) in [4.78, 5) is 4.15. The molecule has 68 valence electrons. The molecule has 0 aromatic carbocycles. The average molecular weight is 177 g/mol. The normalized spacial score (nSPS) is 10.8. The van der Waals surface area contributed by atoms with Crippen LogP contribution in [0.2, 0.25) is 0 Å². The summed E-state index contributed by atoms with van der Waals surface area (Å²) in [6.07, 6.45) is 1.85. The predicted octanol–water partition coefficient (Wildman–Crippen LogP) is 0.0309. The molecule has 3 N–H and O–H groups in total. The Kier molecular flexibility index (Phi) is 1.86. The minimum atomic E-state index is 0.519. The number of aromatic nitrogens is 3. The minimum absolute atomic E-state index is 0.519. The molecule has 2 rings (SSSR count). The first kappa shape index (κ1) is 8.00. The molecule has 0 radical (unpaired) electrons. The average Bonchev–Trinajstić information content (AvgIpc) is 2.53. The molecule has 2 aromatic heterocycles. The second-order valence-corrected chi connectivity index (χ2v) is 2.78. The van der Waals surface area contributed by atoms with E-state index in [2.05, 4.69) is 15.4 Å². The van der Waals surface area contributed by atoms with Crippen molar-refractivity contribution in [3.63, 3.8) is 0 Å². The van der Waals surface area contributed by atoms with Crippen LogP contribution in [0.5, 0.6) is 0 Å². The zero-order valence-corrected chi connectivity index (χ0v) is 7.36. The lowest BCUT2D eigenvalue weighted by Gasteiger charge is -2.02. The van der Waals surface area contributed by atoms with E-state index in [9.17, 15) is 0 Å². The standard InChI is InChI=1S/C8H11N5/c1-10-5-7-11-8(9)6-3-2-4-13(6)12-7/h2-4,10H,5H2,1H3,(H2,9,11,12). The molecule has 0 aliphatic carbocycles. The van der Waals surface area contributed by atoms with Crippen LogP contribution < -0.4 is 11.1 Å². The molecular weight excluding hydrogens is 166 g/mol. The number of nitrogens with zero attached hydrogens (tertiary/aromatic N) is 3. The summed E-state index contributed by atoms with van der Waals surface area (Å²) in [6.45, 7) is 0.623. The molecule has 0 aliphatic rings. The van der Waals surface area contributed by atoms with E-state index in [1.54, 1.807) is 4.52 Å². The number of nitrogen functional groups attached to an aromatic ring is 1. The smallest absolute Gasteiger partial charge is 0.165 e. The van der Waals surface area contributed by atoms with E-state index in [0.29, 0.717) is 18.2 Å². The molecule has 2 aromatic rings. The van der Waals surface area contributed by atoms with E-state index in [4.69, 9.17) is 5.73 Å².